The van der Waals surface area contributed by atoms with E-state index in [2.05, 4.69) is 5.10 Å². The molecule has 1 aliphatic heterocycles. The number of thioether (sulfide) groups is 1. The van der Waals surface area contributed by atoms with Gasteiger partial charge in [0.25, 0.3) is 0 Å². The molecule has 4 heteroatoms. The third-order valence-electron chi connectivity index (χ3n) is 2.82. The van der Waals surface area contributed by atoms with E-state index in [-0.39, 0.29) is 0 Å². The number of nitrogen functional groups attached to an aromatic ring is 1. The molecule has 0 atom stereocenters. The predicted molar refractivity (Wildman–Crippen MR) is 67.8 cm³/mol. The topological polar surface area (TPSA) is 43.8 Å². The highest BCUT2D eigenvalue weighted by atomic mass is 32.2. The molecular formula is C12H13N3S. The number of aromatic nitrogens is 2. The van der Waals surface area contributed by atoms with Crippen LogP contribution in [0.5, 0.6) is 0 Å². The Morgan fingerprint density at radius 2 is 2.31 bits per heavy atom. The quantitative estimate of drug-likeness (QED) is 0.765. The second-order valence-corrected chi connectivity index (χ2v) is 5.03. The van der Waals surface area contributed by atoms with E-state index in [9.17, 15) is 0 Å². The second-order valence-electron chi connectivity index (χ2n) is 3.93. The number of hydrogen-bond acceptors (Lipinski definition) is 3. The third-order valence-corrected chi connectivity index (χ3v) is 3.80. The highest BCUT2D eigenvalue weighted by molar-refractivity contribution is 7.98. The lowest BCUT2D eigenvalue weighted by Crippen LogP contribution is -2.07. The van der Waals surface area contributed by atoms with Gasteiger partial charge in [0.2, 0.25) is 0 Å². The molecular weight excluding hydrogens is 218 g/mol. The van der Waals surface area contributed by atoms with Gasteiger partial charge < -0.3 is 5.73 Å². The van der Waals surface area contributed by atoms with Crippen LogP contribution in [0.2, 0.25) is 0 Å². The van der Waals surface area contributed by atoms with Crippen molar-refractivity contribution in [3.8, 4) is 5.69 Å². The Hall–Kier alpha value is -1.42. The van der Waals surface area contributed by atoms with Gasteiger partial charge in [0, 0.05) is 11.4 Å². The number of anilines is 1. The number of rotatable bonds is 1. The van der Waals surface area contributed by atoms with Crippen LogP contribution in [-0.4, -0.2) is 15.5 Å². The van der Waals surface area contributed by atoms with Crippen LogP contribution >= 0.6 is 11.8 Å². The predicted octanol–water partition coefficient (Wildman–Crippen LogP) is 2.24. The zero-order chi connectivity index (χ0) is 11.0. The lowest BCUT2D eigenvalue weighted by Gasteiger charge is -2.13. The van der Waals surface area contributed by atoms with Crippen molar-refractivity contribution in [3.63, 3.8) is 0 Å². The molecule has 16 heavy (non-hydrogen) atoms. The Morgan fingerprint density at radius 3 is 3.19 bits per heavy atom. The standard InChI is InChI=1S/C12H13N3S/c13-10-2-1-3-11(6-10)15-12-8-16-5-4-9(12)7-14-15/h1-3,6-7H,4-5,8,13H2. The van der Waals surface area contributed by atoms with Crippen molar-refractivity contribution in [1.29, 1.82) is 0 Å². The Kier molecular flexibility index (Phi) is 2.36. The molecule has 0 fully saturated rings. The van der Waals surface area contributed by atoms with Crippen LogP contribution in [-0.2, 0) is 12.2 Å². The van der Waals surface area contributed by atoms with Crippen molar-refractivity contribution >= 4 is 17.4 Å². The molecule has 0 saturated heterocycles. The lowest BCUT2D eigenvalue weighted by atomic mass is 10.2. The maximum atomic E-state index is 5.79. The van der Waals surface area contributed by atoms with Crippen molar-refractivity contribution in [1.82, 2.24) is 9.78 Å². The summed E-state index contributed by atoms with van der Waals surface area (Å²) in [6.45, 7) is 0. The lowest BCUT2D eigenvalue weighted by molar-refractivity contribution is 0.835. The summed E-state index contributed by atoms with van der Waals surface area (Å²) >= 11 is 1.96. The zero-order valence-corrected chi connectivity index (χ0v) is 9.70. The van der Waals surface area contributed by atoms with E-state index in [4.69, 9.17) is 5.73 Å². The van der Waals surface area contributed by atoms with Crippen molar-refractivity contribution in [2.45, 2.75) is 12.2 Å². The molecule has 0 amide bonds. The van der Waals surface area contributed by atoms with Gasteiger partial charge in [-0.2, -0.15) is 16.9 Å². The molecule has 82 valence electrons. The van der Waals surface area contributed by atoms with Crippen molar-refractivity contribution in [2.75, 3.05) is 11.5 Å². The maximum absolute atomic E-state index is 5.79. The fourth-order valence-electron chi connectivity index (χ4n) is 2.00. The van der Waals surface area contributed by atoms with E-state index < -0.39 is 0 Å². The number of hydrogen-bond donors (Lipinski definition) is 1. The molecule has 1 aliphatic rings. The Bertz CT molecular complexity index is 519. The minimum Gasteiger partial charge on any atom is -0.399 e. The van der Waals surface area contributed by atoms with Gasteiger partial charge >= 0.3 is 0 Å². The molecule has 2 aromatic rings. The Labute approximate surface area is 98.6 Å². The normalized spacial score (nSPS) is 14.8. The summed E-state index contributed by atoms with van der Waals surface area (Å²) in [5.41, 5.74) is 10.3. The average molecular weight is 231 g/mol. The molecule has 0 unspecified atom stereocenters. The Morgan fingerprint density at radius 1 is 1.38 bits per heavy atom. The monoisotopic (exact) mass is 231 g/mol. The van der Waals surface area contributed by atoms with Crippen LogP contribution in [0.3, 0.4) is 0 Å². The molecule has 1 aromatic carbocycles. The summed E-state index contributed by atoms with van der Waals surface area (Å²) < 4.78 is 2.01. The van der Waals surface area contributed by atoms with Gasteiger partial charge in [0.15, 0.2) is 0 Å². The number of nitrogens with zero attached hydrogens (tertiary/aromatic N) is 2. The van der Waals surface area contributed by atoms with E-state index in [0.29, 0.717) is 0 Å². The van der Waals surface area contributed by atoms with Gasteiger partial charge in [-0.05, 0) is 35.9 Å². The van der Waals surface area contributed by atoms with Gasteiger partial charge in [-0.1, -0.05) is 6.07 Å². The fourth-order valence-corrected chi connectivity index (χ4v) is 3.01. The molecule has 3 nitrogen and oxygen atoms in total. The fraction of sp³-hybridized carbons (Fsp3) is 0.250. The van der Waals surface area contributed by atoms with Gasteiger partial charge in [-0.25, -0.2) is 4.68 Å². The highest BCUT2D eigenvalue weighted by Gasteiger charge is 2.15. The third kappa shape index (κ3) is 1.59. The molecule has 0 radical (unpaired) electrons. The molecule has 0 saturated carbocycles. The number of benzene rings is 1. The molecule has 0 spiro atoms. The minimum atomic E-state index is 0.783. The van der Waals surface area contributed by atoms with Crippen molar-refractivity contribution in [3.05, 3.63) is 41.7 Å². The Balaban J connectivity index is 2.09. The van der Waals surface area contributed by atoms with Gasteiger partial charge in [0.1, 0.15) is 0 Å². The largest absolute Gasteiger partial charge is 0.399 e. The maximum Gasteiger partial charge on any atom is 0.0669 e. The number of nitrogens with two attached hydrogens (primary N) is 1. The van der Waals surface area contributed by atoms with Crippen molar-refractivity contribution in [2.24, 2.45) is 0 Å². The van der Waals surface area contributed by atoms with Gasteiger partial charge in [0.05, 0.1) is 17.6 Å². The summed E-state index contributed by atoms with van der Waals surface area (Å²) in [6.07, 6.45) is 3.11. The second kappa shape index (κ2) is 3.87. The zero-order valence-electron chi connectivity index (χ0n) is 8.89. The first-order valence-corrected chi connectivity index (χ1v) is 6.49. The van der Waals surface area contributed by atoms with Crippen molar-refractivity contribution < 1.29 is 0 Å². The molecule has 0 aliphatic carbocycles. The molecule has 2 heterocycles. The van der Waals surface area contributed by atoms with Gasteiger partial charge in [-0.3, -0.25) is 0 Å². The SMILES string of the molecule is Nc1cccc(-n2ncc3c2CSCC3)c1. The minimum absolute atomic E-state index is 0.783. The van der Waals surface area contributed by atoms with Crippen LogP contribution in [0.15, 0.2) is 30.5 Å². The van der Waals surface area contributed by atoms with E-state index >= 15 is 0 Å². The summed E-state index contributed by atoms with van der Waals surface area (Å²) in [7, 11) is 0. The molecule has 1 aromatic heterocycles. The summed E-state index contributed by atoms with van der Waals surface area (Å²) in [4.78, 5) is 0. The molecule has 0 bridgehead atoms. The number of fused-ring (bicyclic) bond motifs is 1. The van der Waals surface area contributed by atoms with E-state index in [1.165, 1.54) is 17.0 Å². The van der Waals surface area contributed by atoms with E-state index in [1.807, 2.05) is 46.9 Å². The van der Waals surface area contributed by atoms with Crippen LogP contribution in [0, 0.1) is 0 Å². The molecule has 2 N–H and O–H groups in total. The number of aryl methyl sites for hydroxylation is 1. The highest BCUT2D eigenvalue weighted by Crippen LogP contribution is 2.26. The van der Waals surface area contributed by atoms with Crippen LogP contribution in [0.25, 0.3) is 5.69 Å². The summed E-state index contributed by atoms with van der Waals surface area (Å²) in [5.74, 6) is 2.25. The summed E-state index contributed by atoms with van der Waals surface area (Å²) in [6, 6.07) is 7.87. The summed E-state index contributed by atoms with van der Waals surface area (Å²) in [5, 5.41) is 4.46. The smallest absolute Gasteiger partial charge is 0.0669 e. The van der Waals surface area contributed by atoms with Crippen LogP contribution in [0.1, 0.15) is 11.3 Å². The van der Waals surface area contributed by atoms with E-state index in [1.54, 1.807) is 0 Å². The van der Waals surface area contributed by atoms with Gasteiger partial charge in [-0.15, -0.1) is 0 Å². The first kappa shape index (κ1) is 9.78. The first-order valence-electron chi connectivity index (χ1n) is 5.34. The average Bonchev–Trinajstić information content (AvgIpc) is 2.72. The first-order chi connectivity index (χ1) is 7.84. The van der Waals surface area contributed by atoms with Crippen LogP contribution in [0.4, 0.5) is 5.69 Å². The van der Waals surface area contributed by atoms with E-state index in [0.717, 1.165) is 23.5 Å². The van der Waals surface area contributed by atoms with Crippen LogP contribution < -0.4 is 5.73 Å². The molecule has 3 rings (SSSR count).